The van der Waals surface area contributed by atoms with Crippen LogP contribution in [-0.4, -0.2) is 58.5 Å². The van der Waals surface area contributed by atoms with E-state index in [0.717, 1.165) is 27.4 Å². The standard InChI is InChI=1S/C17H16Cl2N2O6S3/c18-11-8-13(29-14(11)19)30(26,27)21-5-6-28-16(21)15(23)20-12(17(24)25)7-9-1-3-10(22)4-2-9/h1-4,8,12,16,22H,5-7H2,(H,20,23)(H,24,25)/t12-,16-/m0/s1. The van der Waals surface area contributed by atoms with Crippen molar-refractivity contribution < 1.29 is 28.2 Å². The summed E-state index contributed by atoms with van der Waals surface area (Å²) in [5.74, 6) is -1.57. The zero-order valence-electron chi connectivity index (χ0n) is 15.1. The summed E-state index contributed by atoms with van der Waals surface area (Å²) in [7, 11) is -4.03. The summed E-state index contributed by atoms with van der Waals surface area (Å²) in [5.41, 5.74) is 0.590. The Morgan fingerprint density at radius 1 is 1.27 bits per heavy atom. The number of hydrogen-bond acceptors (Lipinski definition) is 7. The number of aromatic hydroxyl groups is 1. The van der Waals surface area contributed by atoms with Crippen LogP contribution in [0.15, 0.2) is 34.5 Å². The molecule has 1 aliphatic heterocycles. The monoisotopic (exact) mass is 510 g/mol. The maximum absolute atomic E-state index is 12.9. The summed E-state index contributed by atoms with van der Waals surface area (Å²) in [6.45, 7) is 0.0912. The van der Waals surface area contributed by atoms with Gasteiger partial charge in [0.1, 0.15) is 25.7 Å². The second-order valence-corrected chi connectivity index (χ2v) is 11.7. The number of phenols is 1. The highest BCUT2D eigenvalue weighted by molar-refractivity contribution is 8.02. The van der Waals surface area contributed by atoms with Gasteiger partial charge in [-0.2, -0.15) is 4.31 Å². The minimum Gasteiger partial charge on any atom is -0.508 e. The van der Waals surface area contributed by atoms with Crippen LogP contribution in [0.25, 0.3) is 0 Å². The molecule has 162 valence electrons. The van der Waals surface area contributed by atoms with Crippen molar-refractivity contribution in [1.29, 1.82) is 0 Å². The van der Waals surface area contributed by atoms with E-state index in [2.05, 4.69) is 5.32 Å². The van der Waals surface area contributed by atoms with Crippen molar-refractivity contribution in [3.05, 3.63) is 45.3 Å². The van der Waals surface area contributed by atoms with E-state index < -0.39 is 33.3 Å². The van der Waals surface area contributed by atoms with E-state index in [1.54, 1.807) is 12.1 Å². The first-order valence-corrected chi connectivity index (χ1v) is 12.5. The number of carbonyl (C=O) groups excluding carboxylic acids is 1. The number of phenolic OH excluding ortho intramolecular Hbond substituents is 1. The van der Waals surface area contributed by atoms with Gasteiger partial charge in [0.15, 0.2) is 0 Å². The van der Waals surface area contributed by atoms with Crippen LogP contribution < -0.4 is 5.32 Å². The van der Waals surface area contributed by atoms with Crippen molar-refractivity contribution in [3.63, 3.8) is 0 Å². The molecule has 1 aromatic carbocycles. The molecule has 0 spiro atoms. The summed E-state index contributed by atoms with van der Waals surface area (Å²) >= 11 is 13.6. The normalized spacial score (nSPS) is 18.3. The third-order valence-corrected chi connectivity index (χ3v) is 9.76. The van der Waals surface area contributed by atoms with Gasteiger partial charge in [-0.1, -0.05) is 35.3 Å². The summed E-state index contributed by atoms with van der Waals surface area (Å²) in [5, 5.41) is 20.2. The topological polar surface area (TPSA) is 124 Å². The molecule has 1 aliphatic rings. The minimum absolute atomic E-state index is 0.0262. The smallest absolute Gasteiger partial charge is 0.326 e. The molecule has 2 heterocycles. The first kappa shape index (κ1) is 23.2. The molecule has 1 aromatic heterocycles. The highest BCUT2D eigenvalue weighted by Crippen LogP contribution is 2.38. The maximum Gasteiger partial charge on any atom is 0.326 e. The van der Waals surface area contributed by atoms with Gasteiger partial charge in [0.25, 0.3) is 10.0 Å². The molecule has 0 radical (unpaired) electrons. The van der Waals surface area contributed by atoms with Gasteiger partial charge < -0.3 is 15.5 Å². The first-order chi connectivity index (χ1) is 14.1. The average molecular weight is 511 g/mol. The number of carboxylic acid groups (broad SMARTS) is 1. The predicted molar refractivity (Wildman–Crippen MR) is 116 cm³/mol. The molecule has 8 nitrogen and oxygen atoms in total. The zero-order chi connectivity index (χ0) is 22.1. The second kappa shape index (κ2) is 9.33. The Morgan fingerprint density at radius 3 is 2.50 bits per heavy atom. The van der Waals surface area contributed by atoms with Gasteiger partial charge in [-0.15, -0.1) is 23.1 Å². The summed E-state index contributed by atoms with van der Waals surface area (Å²) in [6.07, 6.45) is -0.0262. The minimum atomic E-state index is -4.03. The molecule has 0 unspecified atom stereocenters. The fourth-order valence-corrected chi connectivity index (χ4v) is 7.88. The second-order valence-electron chi connectivity index (χ2n) is 6.30. The molecular weight excluding hydrogens is 495 g/mol. The Kier molecular flexibility index (Phi) is 7.20. The molecule has 3 rings (SSSR count). The van der Waals surface area contributed by atoms with E-state index in [1.807, 2.05) is 0 Å². The van der Waals surface area contributed by atoms with Gasteiger partial charge in [0.05, 0.1) is 5.02 Å². The number of aliphatic carboxylic acids is 1. The Hall–Kier alpha value is -1.50. The number of sulfonamides is 1. The van der Waals surface area contributed by atoms with E-state index >= 15 is 0 Å². The van der Waals surface area contributed by atoms with Crippen molar-refractivity contribution in [2.45, 2.75) is 22.0 Å². The van der Waals surface area contributed by atoms with Gasteiger partial charge in [0, 0.05) is 18.7 Å². The van der Waals surface area contributed by atoms with Crippen molar-refractivity contribution in [2.24, 2.45) is 0 Å². The molecule has 30 heavy (non-hydrogen) atoms. The number of carboxylic acids is 1. The van der Waals surface area contributed by atoms with Crippen molar-refractivity contribution in [1.82, 2.24) is 9.62 Å². The summed E-state index contributed by atoms with van der Waals surface area (Å²) in [4.78, 5) is 24.4. The van der Waals surface area contributed by atoms with Gasteiger partial charge >= 0.3 is 5.97 Å². The Bertz CT molecular complexity index is 1040. The molecule has 0 aliphatic carbocycles. The third-order valence-electron chi connectivity index (χ3n) is 4.25. The third kappa shape index (κ3) is 5.04. The van der Waals surface area contributed by atoms with E-state index in [-0.39, 0.29) is 32.3 Å². The van der Waals surface area contributed by atoms with Crippen molar-refractivity contribution in [2.75, 3.05) is 12.3 Å². The van der Waals surface area contributed by atoms with Crippen molar-refractivity contribution >= 4 is 68.2 Å². The number of nitrogens with one attached hydrogen (secondary N) is 1. The number of hydrogen-bond donors (Lipinski definition) is 3. The van der Waals surface area contributed by atoms with Crippen LogP contribution in [0.3, 0.4) is 0 Å². The highest BCUT2D eigenvalue weighted by atomic mass is 35.5. The molecule has 1 amide bonds. The van der Waals surface area contributed by atoms with E-state index in [4.69, 9.17) is 23.2 Å². The maximum atomic E-state index is 12.9. The molecule has 3 N–H and O–H groups in total. The zero-order valence-corrected chi connectivity index (χ0v) is 19.1. The fraction of sp³-hybridized carbons (Fsp3) is 0.294. The van der Waals surface area contributed by atoms with Crippen LogP contribution in [0.1, 0.15) is 5.56 Å². The predicted octanol–water partition coefficient (Wildman–Crippen LogP) is 2.64. The highest BCUT2D eigenvalue weighted by Gasteiger charge is 2.42. The van der Waals surface area contributed by atoms with Crippen LogP contribution in [0.5, 0.6) is 5.75 Å². The van der Waals surface area contributed by atoms with Crippen LogP contribution >= 0.6 is 46.3 Å². The number of halogens is 2. The Morgan fingerprint density at radius 2 is 1.93 bits per heavy atom. The molecule has 2 aromatic rings. The number of amides is 1. The van der Waals surface area contributed by atoms with Gasteiger partial charge in [0.2, 0.25) is 5.91 Å². The molecule has 1 fully saturated rings. The van der Waals surface area contributed by atoms with Gasteiger partial charge in [-0.25, -0.2) is 13.2 Å². The van der Waals surface area contributed by atoms with E-state index in [1.165, 1.54) is 18.2 Å². The largest absolute Gasteiger partial charge is 0.508 e. The number of thiophene rings is 1. The van der Waals surface area contributed by atoms with Crippen LogP contribution in [-0.2, 0) is 26.0 Å². The lowest BCUT2D eigenvalue weighted by molar-refractivity contribution is -0.141. The van der Waals surface area contributed by atoms with Gasteiger partial charge in [-0.3, -0.25) is 4.79 Å². The molecule has 0 saturated carbocycles. The van der Waals surface area contributed by atoms with Gasteiger partial charge in [-0.05, 0) is 23.8 Å². The van der Waals surface area contributed by atoms with E-state index in [9.17, 15) is 28.2 Å². The van der Waals surface area contributed by atoms with Crippen LogP contribution in [0.4, 0.5) is 0 Å². The number of nitrogens with zero attached hydrogens (tertiary/aromatic N) is 1. The molecule has 13 heteroatoms. The summed E-state index contributed by atoms with van der Waals surface area (Å²) < 4.78 is 26.9. The molecule has 1 saturated heterocycles. The number of thioether (sulfide) groups is 1. The SMILES string of the molecule is O=C(O)[C@H](Cc1ccc(O)cc1)NC(=O)[C@@H]1SCCN1S(=O)(=O)c1cc(Cl)c(Cl)s1. The number of carbonyl (C=O) groups is 2. The van der Waals surface area contributed by atoms with Crippen LogP contribution in [0, 0.1) is 0 Å². The lowest BCUT2D eigenvalue weighted by atomic mass is 10.1. The number of benzene rings is 1. The quantitative estimate of drug-likeness (QED) is 0.522. The van der Waals surface area contributed by atoms with E-state index in [0.29, 0.717) is 11.3 Å². The lowest BCUT2D eigenvalue weighted by Crippen LogP contribution is -2.50. The molecule has 2 atom stereocenters. The Balaban J connectivity index is 1.76. The van der Waals surface area contributed by atoms with Crippen LogP contribution in [0.2, 0.25) is 9.36 Å². The Labute approximate surface area is 190 Å². The summed E-state index contributed by atoms with van der Waals surface area (Å²) in [6, 6.07) is 5.87. The van der Waals surface area contributed by atoms with Crippen molar-refractivity contribution in [3.8, 4) is 5.75 Å². The first-order valence-electron chi connectivity index (χ1n) is 8.49. The molecular formula is C17H16Cl2N2O6S3. The number of rotatable bonds is 7. The lowest BCUT2D eigenvalue weighted by Gasteiger charge is -2.23. The average Bonchev–Trinajstić information content (AvgIpc) is 3.31. The fourth-order valence-electron chi connectivity index (χ4n) is 2.79. The molecule has 0 bridgehead atoms.